The fraction of sp³-hybridized carbons (Fsp3) is 0.185. The molecule has 3 aromatic rings. The van der Waals surface area contributed by atoms with E-state index in [1.807, 2.05) is 31.2 Å². The highest BCUT2D eigenvalue weighted by atomic mass is 16.6. The molecular formula is C27H22N2O7. The van der Waals surface area contributed by atoms with Gasteiger partial charge in [0.1, 0.15) is 19.0 Å². The number of aliphatic hydroxyl groups is 1. The first kappa shape index (κ1) is 23.1. The molecule has 9 heteroatoms. The number of aryl methyl sites for hydroxylation is 1. The standard InChI is InChI=1S/C27H22N2O7/c1-2-16-3-5-17(6-4-16)24-23(25(30)18-7-9-19(10-8-18)29(33)34)26(31)27(32)28(24)20-11-12-21-22(15-20)36-14-13-35-21/h3-12,15,24,30H,2,13-14H2,1H3/b25-23+. The zero-order valence-electron chi connectivity index (χ0n) is 19.3. The lowest BCUT2D eigenvalue weighted by Crippen LogP contribution is -2.29. The van der Waals surface area contributed by atoms with Crippen LogP contribution in [0.3, 0.4) is 0 Å². The molecule has 1 saturated heterocycles. The average Bonchev–Trinajstić information content (AvgIpc) is 3.18. The van der Waals surface area contributed by atoms with Gasteiger partial charge in [0.15, 0.2) is 11.5 Å². The minimum absolute atomic E-state index is 0.104. The lowest BCUT2D eigenvalue weighted by atomic mass is 9.94. The number of nitro benzene ring substituents is 1. The number of aliphatic hydroxyl groups excluding tert-OH is 1. The SMILES string of the molecule is CCc1ccc(C2/C(=C(\O)c3ccc([N+](=O)[O-])cc3)C(=O)C(=O)N2c2ccc3c(c2)OCCO3)cc1. The Kier molecular flexibility index (Phi) is 5.89. The second-order valence-electron chi connectivity index (χ2n) is 8.40. The quantitative estimate of drug-likeness (QED) is 0.185. The highest BCUT2D eigenvalue weighted by Crippen LogP contribution is 2.44. The molecule has 5 rings (SSSR count). The maximum absolute atomic E-state index is 13.3. The zero-order chi connectivity index (χ0) is 25.4. The summed E-state index contributed by atoms with van der Waals surface area (Å²) >= 11 is 0. The van der Waals surface area contributed by atoms with E-state index in [-0.39, 0.29) is 16.8 Å². The summed E-state index contributed by atoms with van der Waals surface area (Å²) in [6.45, 7) is 2.79. The van der Waals surface area contributed by atoms with Crippen molar-refractivity contribution >= 4 is 28.8 Å². The number of ether oxygens (including phenoxy) is 2. The number of hydrogen-bond acceptors (Lipinski definition) is 7. The molecule has 9 nitrogen and oxygen atoms in total. The minimum atomic E-state index is -0.923. The Balaban J connectivity index is 1.67. The van der Waals surface area contributed by atoms with Gasteiger partial charge >= 0.3 is 0 Å². The van der Waals surface area contributed by atoms with Crippen LogP contribution in [0.25, 0.3) is 5.76 Å². The van der Waals surface area contributed by atoms with Gasteiger partial charge in [-0.15, -0.1) is 0 Å². The molecule has 182 valence electrons. The Morgan fingerprint density at radius 1 is 1.00 bits per heavy atom. The largest absolute Gasteiger partial charge is 0.507 e. The smallest absolute Gasteiger partial charge is 0.300 e. The fourth-order valence-corrected chi connectivity index (χ4v) is 4.43. The third kappa shape index (κ3) is 3.94. The van der Waals surface area contributed by atoms with E-state index in [4.69, 9.17) is 9.47 Å². The van der Waals surface area contributed by atoms with Crippen LogP contribution in [0.1, 0.15) is 29.7 Å². The summed E-state index contributed by atoms with van der Waals surface area (Å²) in [5.74, 6) is -1.08. The van der Waals surface area contributed by atoms with Gasteiger partial charge in [0.25, 0.3) is 17.4 Å². The van der Waals surface area contributed by atoms with Crippen molar-refractivity contribution in [3.63, 3.8) is 0 Å². The van der Waals surface area contributed by atoms with E-state index >= 15 is 0 Å². The molecule has 1 amide bonds. The number of carbonyl (C=O) groups excluding carboxylic acids is 2. The van der Waals surface area contributed by atoms with Gasteiger partial charge in [-0.1, -0.05) is 31.2 Å². The van der Waals surface area contributed by atoms with Gasteiger partial charge < -0.3 is 14.6 Å². The van der Waals surface area contributed by atoms with E-state index in [1.165, 1.54) is 29.2 Å². The maximum Gasteiger partial charge on any atom is 0.300 e. The third-order valence-electron chi connectivity index (χ3n) is 6.30. The molecule has 2 aliphatic heterocycles. The van der Waals surface area contributed by atoms with Gasteiger partial charge in [0.2, 0.25) is 0 Å². The van der Waals surface area contributed by atoms with Gasteiger partial charge in [-0.25, -0.2) is 0 Å². The molecule has 36 heavy (non-hydrogen) atoms. The van der Waals surface area contributed by atoms with Crippen molar-refractivity contribution in [2.24, 2.45) is 0 Å². The molecule has 0 radical (unpaired) electrons. The summed E-state index contributed by atoms with van der Waals surface area (Å²) < 4.78 is 11.2. The maximum atomic E-state index is 13.3. The third-order valence-corrected chi connectivity index (χ3v) is 6.30. The molecule has 2 aliphatic rings. The number of nitro groups is 1. The minimum Gasteiger partial charge on any atom is -0.507 e. The van der Waals surface area contributed by atoms with E-state index < -0.39 is 28.4 Å². The number of Topliss-reactive ketones (excluding diaryl/α,β-unsaturated/α-hetero) is 1. The van der Waals surface area contributed by atoms with Crippen LogP contribution in [0.4, 0.5) is 11.4 Å². The summed E-state index contributed by atoms with van der Waals surface area (Å²) in [7, 11) is 0. The summed E-state index contributed by atoms with van der Waals surface area (Å²) in [6, 6.07) is 16.7. The highest BCUT2D eigenvalue weighted by Gasteiger charge is 2.47. The predicted octanol–water partition coefficient (Wildman–Crippen LogP) is 4.55. The Hall–Kier alpha value is -4.66. The van der Waals surface area contributed by atoms with Gasteiger partial charge in [-0.2, -0.15) is 0 Å². The predicted molar refractivity (Wildman–Crippen MR) is 131 cm³/mol. The molecule has 0 saturated carbocycles. The summed E-state index contributed by atoms with van der Waals surface area (Å²) in [5.41, 5.74) is 2.04. The molecule has 2 heterocycles. The topological polar surface area (TPSA) is 119 Å². The highest BCUT2D eigenvalue weighted by molar-refractivity contribution is 6.51. The van der Waals surface area contributed by atoms with E-state index in [9.17, 15) is 24.8 Å². The number of ketones is 1. The van der Waals surface area contributed by atoms with Gasteiger partial charge in [0.05, 0.1) is 16.5 Å². The molecule has 0 aromatic heterocycles. The lowest BCUT2D eigenvalue weighted by Gasteiger charge is -2.27. The van der Waals surface area contributed by atoms with Crippen molar-refractivity contribution in [2.75, 3.05) is 18.1 Å². The number of benzene rings is 3. The van der Waals surface area contributed by atoms with Gasteiger partial charge in [0, 0.05) is 29.4 Å². The van der Waals surface area contributed by atoms with Crippen molar-refractivity contribution in [1.82, 2.24) is 0 Å². The number of non-ortho nitro benzene ring substituents is 1. The summed E-state index contributed by atoms with van der Waals surface area (Å²) in [4.78, 5) is 38.4. The zero-order valence-corrected chi connectivity index (χ0v) is 19.3. The molecule has 1 unspecified atom stereocenters. The van der Waals surface area contributed by atoms with Gasteiger partial charge in [-0.05, 0) is 41.8 Å². The molecule has 0 bridgehead atoms. The van der Waals surface area contributed by atoms with Crippen LogP contribution in [0.5, 0.6) is 11.5 Å². The Bertz CT molecular complexity index is 1390. The number of nitrogens with zero attached hydrogens (tertiary/aromatic N) is 2. The van der Waals surface area contributed by atoms with Crippen molar-refractivity contribution in [3.8, 4) is 11.5 Å². The van der Waals surface area contributed by atoms with Crippen LogP contribution in [0, 0.1) is 10.1 Å². The molecular weight excluding hydrogens is 464 g/mol. The second-order valence-corrected chi connectivity index (χ2v) is 8.40. The van der Waals surface area contributed by atoms with Gasteiger partial charge in [-0.3, -0.25) is 24.6 Å². The van der Waals surface area contributed by atoms with Crippen LogP contribution >= 0.6 is 0 Å². The van der Waals surface area contributed by atoms with Crippen LogP contribution in [-0.4, -0.2) is 34.9 Å². The number of anilines is 1. The van der Waals surface area contributed by atoms with Crippen molar-refractivity contribution in [2.45, 2.75) is 19.4 Å². The first-order valence-corrected chi connectivity index (χ1v) is 11.4. The van der Waals surface area contributed by atoms with Crippen LogP contribution in [-0.2, 0) is 16.0 Å². The van der Waals surface area contributed by atoms with Crippen molar-refractivity contribution in [3.05, 3.63) is 99.1 Å². The number of rotatable bonds is 5. The lowest BCUT2D eigenvalue weighted by molar-refractivity contribution is -0.384. The molecule has 1 fully saturated rings. The summed E-state index contributed by atoms with van der Waals surface area (Å²) in [6.07, 6.45) is 0.811. The normalized spacial score (nSPS) is 18.4. The summed E-state index contributed by atoms with van der Waals surface area (Å²) in [5, 5.41) is 22.2. The molecule has 1 N–H and O–H groups in total. The Morgan fingerprint density at radius 2 is 1.67 bits per heavy atom. The molecule has 1 atom stereocenters. The molecule has 0 spiro atoms. The molecule has 3 aromatic carbocycles. The second kappa shape index (κ2) is 9.18. The fourth-order valence-electron chi connectivity index (χ4n) is 4.43. The number of amides is 1. The van der Waals surface area contributed by atoms with E-state index in [1.54, 1.807) is 18.2 Å². The number of carbonyl (C=O) groups is 2. The van der Waals surface area contributed by atoms with Crippen molar-refractivity contribution in [1.29, 1.82) is 0 Å². The molecule has 0 aliphatic carbocycles. The monoisotopic (exact) mass is 486 g/mol. The van der Waals surface area contributed by atoms with Crippen LogP contribution < -0.4 is 14.4 Å². The first-order chi connectivity index (χ1) is 17.4. The van der Waals surface area contributed by atoms with E-state index in [0.29, 0.717) is 36.0 Å². The van der Waals surface area contributed by atoms with Crippen molar-refractivity contribution < 1.29 is 29.1 Å². The first-order valence-electron chi connectivity index (χ1n) is 11.4. The Labute approximate surface area is 206 Å². The number of fused-ring (bicyclic) bond motifs is 1. The van der Waals surface area contributed by atoms with Crippen LogP contribution in [0.2, 0.25) is 0 Å². The van der Waals surface area contributed by atoms with Crippen LogP contribution in [0.15, 0.2) is 72.3 Å². The average molecular weight is 486 g/mol. The Morgan fingerprint density at radius 3 is 2.31 bits per heavy atom. The van der Waals surface area contributed by atoms with E-state index in [0.717, 1.165) is 12.0 Å². The number of hydrogen-bond donors (Lipinski definition) is 1. The van der Waals surface area contributed by atoms with E-state index in [2.05, 4.69) is 0 Å².